The quantitative estimate of drug-likeness (QED) is 0.181. The van der Waals surface area contributed by atoms with Crippen molar-refractivity contribution in [1.82, 2.24) is 4.90 Å². The summed E-state index contributed by atoms with van der Waals surface area (Å²) in [6.45, 7) is 2.01. The fourth-order valence-electron chi connectivity index (χ4n) is 3.34. The van der Waals surface area contributed by atoms with Gasteiger partial charge in [-0.25, -0.2) is 9.18 Å². The molecule has 1 heterocycles. The molecule has 1 fully saturated rings. The number of amides is 2. The molecule has 3 aromatic carbocycles. The lowest BCUT2D eigenvalue weighted by atomic mass is 10.1. The highest BCUT2D eigenvalue weighted by Crippen LogP contribution is 2.37. The molecule has 1 saturated heterocycles. The van der Waals surface area contributed by atoms with Crippen LogP contribution in [0.2, 0.25) is 10.0 Å². The van der Waals surface area contributed by atoms with E-state index in [2.05, 4.69) is 0 Å². The van der Waals surface area contributed by atoms with Crippen LogP contribution in [0.15, 0.2) is 65.6 Å². The van der Waals surface area contributed by atoms with Gasteiger partial charge in [0.1, 0.15) is 5.82 Å². The number of carbonyl (C=O) groups excluding carboxylic acids is 3. The van der Waals surface area contributed by atoms with Gasteiger partial charge in [-0.1, -0.05) is 35.3 Å². The lowest BCUT2D eigenvalue weighted by Gasteiger charge is -2.14. The van der Waals surface area contributed by atoms with Crippen molar-refractivity contribution in [3.05, 3.63) is 98.1 Å². The summed E-state index contributed by atoms with van der Waals surface area (Å²) in [5.41, 5.74) is 1.21. The smallest absolute Gasteiger partial charge is 0.343 e. The summed E-state index contributed by atoms with van der Waals surface area (Å²) < 4.78 is 24.2. The third-order valence-electron chi connectivity index (χ3n) is 5.10. The molecule has 184 valence electrons. The van der Waals surface area contributed by atoms with Crippen molar-refractivity contribution in [2.75, 3.05) is 6.61 Å². The van der Waals surface area contributed by atoms with Crippen molar-refractivity contribution >= 4 is 58.2 Å². The molecule has 0 saturated carbocycles. The lowest BCUT2D eigenvalue weighted by molar-refractivity contribution is -0.123. The van der Waals surface area contributed by atoms with Crippen molar-refractivity contribution in [1.29, 1.82) is 0 Å². The first-order valence-electron chi connectivity index (χ1n) is 10.7. The van der Waals surface area contributed by atoms with Crippen LogP contribution in [0.4, 0.5) is 9.18 Å². The fraction of sp³-hybridized carbons (Fsp3) is 0.115. The van der Waals surface area contributed by atoms with E-state index in [0.717, 1.165) is 28.8 Å². The number of halogens is 3. The molecule has 6 nitrogen and oxygen atoms in total. The van der Waals surface area contributed by atoms with E-state index < -0.39 is 22.9 Å². The molecule has 0 atom stereocenters. The number of rotatable bonds is 7. The largest absolute Gasteiger partial charge is 0.490 e. The standard InChI is InChI=1S/C26H18Cl2FNO5S/c1-2-34-22-12-15(6-11-21(22)35-25(32)16-7-9-17(29)10-8-16)13-23-24(31)30(26(33)36-23)14-18-19(27)4-3-5-20(18)28/h3-13H,2,14H2,1H3/b23-13-. The minimum Gasteiger partial charge on any atom is -0.490 e. The van der Waals surface area contributed by atoms with Crippen LogP contribution in [0.25, 0.3) is 6.08 Å². The zero-order valence-electron chi connectivity index (χ0n) is 18.8. The van der Waals surface area contributed by atoms with Gasteiger partial charge in [-0.2, -0.15) is 0 Å². The third kappa shape index (κ3) is 5.73. The molecular formula is C26H18Cl2FNO5S. The molecule has 0 spiro atoms. The summed E-state index contributed by atoms with van der Waals surface area (Å²) in [6.07, 6.45) is 1.55. The van der Waals surface area contributed by atoms with Crippen molar-refractivity contribution in [3.63, 3.8) is 0 Å². The predicted molar refractivity (Wildman–Crippen MR) is 137 cm³/mol. The maximum absolute atomic E-state index is 13.1. The summed E-state index contributed by atoms with van der Waals surface area (Å²) in [5.74, 6) is -1.20. The normalized spacial score (nSPS) is 14.4. The van der Waals surface area contributed by atoms with Crippen molar-refractivity contribution in [3.8, 4) is 11.5 Å². The monoisotopic (exact) mass is 545 g/mol. The van der Waals surface area contributed by atoms with Crippen LogP contribution in [-0.4, -0.2) is 28.6 Å². The second kappa shape index (κ2) is 11.2. The first-order valence-corrected chi connectivity index (χ1v) is 12.3. The summed E-state index contributed by atoms with van der Waals surface area (Å²) >= 11 is 13.2. The van der Waals surface area contributed by atoms with E-state index in [0.29, 0.717) is 27.8 Å². The first kappa shape index (κ1) is 25.8. The Hall–Kier alpha value is -3.33. The molecule has 0 radical (unpaired) electrons. The van der Waals surface area contributed by atoms with E-state index in [-0.39, 0.29) is 28.5 Å². The number of benzene rings is 3. The van der Waals surface area contributed by atoms with Gasteiger partial charge in [0, 0.05) is 15.6 Å². The Morgan fingerprint density at radius 1 is 1.03 bits per heavy atom. The van der Waals surface area contributed by atoms with Crippen LogP contribution in [0.5, 0.6) is 11.5 Å². The fourth-order valence-corrected chi connectivity index (χ4v) is 4.70. The van der Waals surface area contributed by atoms with E-state index >= 15 is 0 Å². The Morgan fingerprint density at radius 3 is 2.39 bits per heavy atom. The maximum atomic E-state index is 13.1. The van der Waals surface area contributed by atoms with Gasteiger partial charge in [0.2, 0.25) is 0 Å². The van der Waals surface area contributed by atoms with Crippen LogP contribution in [0, 0.1) is 5.82 Å². The molecule has 0 bridgehead atoms. The Balaban J connectivity index is 1.55. The average molecular weight is 546 g/mol. The van der Waals surface area contributed by atoms with E-state index in [9.17, 15) is 18.8 Å². The molecule has 0 N–H and O–H groups in total. The van der Waals surface area contributed by atoms with Gasteiger partial charge in [0.05, 0.1) is 23.6 Å². The number of hydrogen-bond acceptors (Lipinski definition) is 6. The molecule has 0 aliphatic carbocycles. The lowest BCUT2D eigenvalue weighted by Crippen LogP contribution is -2.27. The van der Waals surface area contributed by atoms with Gasteiger partial charge in [0.25, 0.3) is 11.1 Å². The number of thioether (sulfide) groups is 1. The van der Waals surface area contributed by atoms with Gasteiger partial charge in [0.15, 0.2) is 11.5 Å². The molecule has 3 aromatic rings. The second-order valence-electron chi connectivity index (χ2n) is 7.50. The highest BCUT2D eigenvalue weighted by atomic mass is 35.5. The van der Waals surface area contributed by atoms with Gasteiger partial charge >= 0.3 is 5.97 Å². The van der Waals surface area contributed by atoms with Crippen LogP contribution in [0.3, 0.4) is 0 Å². The average Bonchev–Trinajstić information content (AvgIpc) is 3.10. The van der Waals surface area contributed by atoms with E-state index in [1.807, 2.05) is 0 Å². The summed E-state index contributed by atoms with van der Waals surface area (Å²) in [4.78, 5) is 39.2. The molecule has 1 aliphatic rings. The van der Waals surface area contributed by atoms with E-state index in [4.69, 9.17) is 32.7 Å². The van der Waals surface area contributed by atoms with E-state index in [1.54, 1.807) is 43.3 Å². The highest BCUT2D eigenvalue weighted by Gasteiger charge is 2.35. The molecular weight excluding hydrogens is 528 g/mol. The number of ether oxygens (including phenoxy) is 2. The number of esters is 1. The highest BCUT2D eigenvalue weighted by molar-refractivity contribution is 8.18. The van der Waals surface area contributed by atoms with Crippen molar-refractivity contribution in [2.45, 2.75) is 13.5 Å². The van der Waals surface area contributed by atoms with E-state index in [1.165, 1.54) is 18.2 Å². The van der Waals surface area contributed by atoms with Crippen LogP contribution in [-0.2, 0) is 11.3 Å². The third-order valence-corrected chi connectivity index (χ3v) is 6.72. The number of hydrogen-bond donors (Lipinski definition) is 0. The number of carbonyl (C=O) groups is 3. The topological polar surface area (TPSA) is 72.9 Å². The zero-order chi connectivity index (χ0) is 25.8. The molecule has 36 heavy (non-hydrogen) atoms. The molecule has 10 heteroatoms. The SMILES string of the molecule is CCOc1cc(/C=C2\SC(=O)N(Cc3c(Cl)cccc3Cl)C2=O)ccc1OC(=O)c1ccc(F)cc1. The number of nitrogens with zero attached hydrogens (tertiary/aromatic N) is 1. The zero-order valence-corrected chi connectivity index (χ0v) is 21.1. The molecule has 0 unspecified atom stereocenters. The molecule has 4 rings (SSSR count). The van der Waals surface area contributed by atoms with Crippen LogP contribution < -0.4 is 9.47 Å². The molecule has 0 aromatic heterocycles. The van der Waals surface area contributed by atoms with Crippen LogP contribution >= 0.6 is 35.0 Å². The van der Waals surface area contributed by atoms with Gasteiger partial charge in [-0.05, 0) is 78.9 Å². The Morgan fingerprint density at radius 2 is 1.72 bits per heavy atom. The van der Waals surface area contributed by atoms with Gasteiger partial charge in [-0.3, -0.25) is 14.5 Å². The molecule has 1 aliphatic heterocycles. The summed E-state index contributed by atoms with van der Waals surface area (Å²) in [5, 5.41) is 0.271. The second-order valence-corrected chi connectivity index (χ2v) is 9.31. The minimum absolute atomic E-state index is 0.0526. The maximum Gasteiger partial charge on any atom is 0.343 e. The summed E-state index contributed by atoms with van der Waals surface area (Å²) in [6, 6.07) is 14.6. The predicted octanol–water partition coefficient (Wildman–Crippen LogP) is 6.99. The van der Waals surface area contributed by atoms with Gasteiger partial charge in [-0.15, -0.1) is 0 Å². The van der Waals surface area contributed by atoms with Crippen LogP contribution in [0.1, 0.15) is 28.4 Å². The van der Waals surface area contributed by atoms with Gasteiger partial charge < -0.3 is 9.47 Å². The molecule has 2 amide bonds. The summed E-state index contributed by atoms with van der Waals surface area (Å²) in [7, 11) is 0. The first-order chi connectivity index (χ1) is 17.3. The Labute approximate surface area is 220 Å². The van der Waals surface area contributed by atoms with Crippen molar-refractivity contribution < 1.29 is 28.2 Å². The minimum atomic E-state index is -0.678. The van der Waals surface area contributed by atoms with Crippen molar-refractivity contribution in [2.24, 2.45) is 0 Å². The Kier molecular flexibility index (Phi) is 7.98. The Bertz CT molecular complexity index is 1360. The number of imide groups is 1.